The van der Waals surface area contributed by atoms with Gasteiger partial charge in [-0.1, -0.05) is 30.3 Å². The van der Waals surface area contributed by atoms with Crippen molar-refractivity contribution in [1.82, 2.24) is 9.80 Å². The molecule has 144 valence electrons. The highest BCUT2D eigenvalue weighted by atomic mass is 16.2. The third kappa shape index (κ3) is 3.33. The lowest BCUT2D eigenvalue weighted by molar-refractivity contribution is 0.0654. The smallest absolute Gasteiger partial charge is 0.261 e. The molecule has 1 aliphatic carbocycles. The first-order valence-electron chi connectivity index (χ1n) is 9.84. The van der Waals surface area contributed by atoms with E-state index in [1.165, 1.54) is 4.90 Å². The molecule has 28 heavy (non-hydrogen) atoms. The number of fused-ring (bicyclic) bond motifs is 1. The van der Waals surface area contributed by atoms with Crippen molar-refractivity contribution < 1.29 is 14.4 Å². The van der Waals surface area contributed by atoms with Crippen LogP contribution in [-0.4, -0.2) is 46.1 Å². The summed E-state index contributed by atoms with van der Waals surface area (Å²) in [5.41, 5.74) is 2.28. The summed E-state index contributed by atoms with van der Waals surface area (Å²) in [4.78, 5) is 41.6. The molecule has 0 radical (unpaired) electrons. The molecule has 1 heterocycles. The predicted molar refractivity (Wildman–Crippen MR) is 106 cm³/mol. The van der Waals surface area contributed by atoms with Crippen molar-refractivity contribution in [1.29, 1.82) is 0 Å². The molecule has 0 aromatic heterocycles. The maximum atomic E-state index is 13.0. The molecule has 0 atom stereocenters. The lowest BCUT2D eigenvalue weighted by Gasteiger charge is -2.26. The summed E-state index contributed by atoms with van der Waals surface area (Å²) >= 11 is 0. The van der Waals surface area contributed by atoms with E-state index in [9.17, 15) is 14.4 Å². The van der Waals surface area contributed by atoms with E-state index in [1.54, 1.807) is 18.2 Å². The van der Waals surface area contributed by atoms with Gasteiger partial charge in [0.2, 0.25) is 0 Å². The Kier molecular flexibility index (Phi) is 4.75. The second-order valence-electron chi connectivity index (χ2n) is 7.80. The summed E-state index contributed by atoms with van der Waals surface area (Å²) in [6.45, 7) is 4.34. The van der Waals surface area contributed by atoms with Crippen molar-refractivity contribution in [3.05, 3.63) is 70.8 Å². The van der Waals surface area contributed by atoms with E-state index in [2.05, 4.69) is 0 Å². The van der Waals surface area contributed by atoms with Gasteiger partial charge in [0.1, 0.15) is 0 Å². The Morgan fingerprint density at radius 1 is 1.04 bits per heavy atom. The molecule has 1 saturated carbocycles. The molecule has 2 aliphatic rings. The maximum absolute atomic E-state index is 13.0. The molecule has 0 N–H and O–H groups in total. The fraction of sp³-hybridized carbons (Fsp3) is 0.348. The van der Waals surface area contributed by atoms with Crippen LogP contribution in [0.3, 0.4) is 0 Å². The van der Waals surface area contributed by atoms with Gasteiger partial charge in [-0.25, -0.2) is 0 Å². The van der Waals surface area contributed by atoms with Crippen molar-refractivity contribution in [2.45, 2.75) is 45.2 Å². The molecular weight excluding hydrogens is 352 g/mol. The molecular formula is C23H24N2O3. The largest absolute Gasteiger partial charge is 0.333 e. The van der Waals surface area contributed by atoms with Gasteiger partial charge < -0.3 is 4.90 Å². The molecule has 0 unspecified atom stereocenters. The van der Waals surface area contributed by atoms with Crippen LogP contribution in [0, 0.1) is 0 Å². The summed E-state index contributed by atoms with van der Waals surface area (Å²) in [6, 6.07) is 15.1. The highest BCUT2D eigenvalue weighted by Crippen LogP contribution is 2.31. The highest BCUT2D eigenvalue weighted by Gasteiger charge is 2.38. The van der Waals surface area contributed by atoms with Crippen LogP contribution in [-0.2, 0) is 6.42 Å². The van der Waals surface area contributed by atoms with Crippen molar-refractivity contribution in [3.8, 4) is 0 Å². The number of amides is 3. The Labute approximate surface area is 164 Å². The van der Waals surface area contributed by atoms with Crippen molar-refractivity contribution in [2.75, 3.05) is 6.54 Å². The van der Waals surface area contributed by atoms with Crippen LogP contribution >= 0.6 is 0 Å². The van der Waals surface area contributed by atoms with Crippen molar-refractivity contribution in [2.24, 2.45) is 0 Å². The number of hydrogen-bond acceptors (Lipinski definition) is 3. The summed E-state index contributed by atoms with van der Waals surface area (Å²) in [5.74, 6) is -0.658. The Bertz CT molecular complexity index is 930. The third-order valence-corrected chi connectivity index (χ3v) is 5.42. The molecule has 1 aliphatic heterocycles. The van der Waals surface area contributed by atoms with Gasteiger partial charge in [-0.15, -0.1) is 0 Å². The average Bonchev–Trinajstić information content (AvgIpc) is 3.49. The zero-order chi connectivity index (χ0) is 19.8. The van der Waals surface area contributed by atoms with Gasteiger partial charge >= 0.3 is 0 Å². The first-order valence-corrected chi connectivity index (χ1v) is 9.84. The molecule has 3 amide bonds. The van der Waals surface area contributed by atoms with E-state index >= 15 is 0 Å². The van der Waals surface area contributed by atoms with Crippen molar-refractivity contribution in [3.63, 3.8) is 0 Å². The molecule has 4 rings (SSSR count). The first kappa shape index (κ1) is 18.4. The third-order valence-electron chi connectivity index (χ3n) is 5.42. The monoisotopic (exact) mass is 376 g/mol. The number of carbonyl (C=O) groups is 3. The predicted octanol–water partition coefficient (Wildman–Crippen LogP) is 3.54. The summed E-state index contributed by atoms with van der Waals surface area (Å²) in [6.07, 6.45) is 2.67. The van der Waals surface area contributed by atoms with E-state index in [0.717, 1.165) is 18.4 Å². The quantitative estimate of drug-likeness (QED) is 0.725. The summed E-state index contributed by atoms with van der Waals surface area (Å²) in [7, 11) is 0. The molecule has 0 saturated heterocycles. The van der Waals surface area contributed by atoms with E-state index < -0.39 is 0 Å². The van der Waals surface area contributed by atoms with Gasteiger partial charge in [0, 0.05) is 24.2 Å². The fourth-order valence-corrected chi connectivity index (χ4v) is 3.84. The van der Waals surface area contributed by atoms with E-state index in [4.69, 9.17) is 0 Å². The lowest BCUT2D eigenvalue weighted by Crippen LogP contribution is -2.38. The average molecular weight is 376 g/mol. The molecule has 2 aromatic carbocycles. The zero-order valence-corrected chi connectivity index (χ0v) is 16.2. The topological polar surface area (TPSA) is 57.7 Å². The number of rotatable bonds is 6. The van der Waals surface area contributed by atoms with Gasteiger partial charge in [0.15, 0.2) is 0 Å². The Hall–Kier alpha value is -2.95. The van der Waals surface area contributed by atoms with Crippen LogP contribution in [0.15, 0.2) is 48.5 Å². The molecule has 5 nitrogen and oxygen atoms in total. The number of carbonyl (C=O) groups excluding carboxylic acids is 3. The van der Waals surface area contributed by atoms with Crippen LogP contribution in [0.5, 0.6) is 0 Å². The SMILES string of the molecule is CC(C)N(C(=O)c1ccc2c(c1)C(=O)N(CCc1ccccc1)C2=O)C1CC1. The normalized spacial score (nSPS) is 15.9. The number of hydrogen-bond donors (Lipinski definition) is 0. The van der Waals surface area contributed by atoms with Gasteiger partial charge in [0.25, 0.3) is 17.7 Å². The molecule has 5 heteroatoms. The second kappa shape index (κ2) is 7.23. The van der Waals surface area contributed by atoms with E-state index in [-0.39, 0.29) is 23.8 Å². The minimum Gasteiger partial charge on any atom is -0.333 e. The minimum absolute atomic E-state index is 0.0664. The molecule has 2 aromatic rings. The number of imide groups is 1. The van der Waals surface area contributed by atoms with Gasteiger partial charge in [0.05, 0.1) is 11.1 Å². The zero-order valence-electron chi connectivity index (χ0n) is 16.2. The van der Waals surface area contributed by atoms with Gasteiger partial charge in [-0.3, -0.25) is 19.3 Å². The molecule has 1 fully saturated rings. The van der Waals surface area contributed by atoms with Crippen LogP contribution in [0.1, 0.15) is 63.3 Å². The first-order chi connectivity index (χ1) is 13.5. The molecule has 0 spiro atoms. The Balaban J connectivity index is 1.54. The maximum Gasteiger partial charge on any atom is 0.261 e. The van der Waals surface area contributed by atoms with Crippen LogP contribution in [0.4, 0.5) is 0 Å². The lowest BCUT2D eigenvalue weighted by atomic mass is 10.0. The van der Waals surface area contributed by atoms with Crippen LogP contribution in [0.2, 0.25) is 0 Å². The molecule has 0 bridgehead atoms. The van der Waals surface area contributed by atoms with E-state index in [0.29, 0.717) is 35.7 Å². The Morgan fingerprint density at radius 3 is 2.36 bits per heavy atom. The van der Waals surface area contributed by atoms with Crippen LogP contribution in [0.25, 0.3) is 0 Å². The number of benzene rings is 2. The van der Waals surface area contributed by atoms with E-state index in [1.807, 2.05) is 49.1 Å². The van der Waals surface area contributed by atoms with Crippen LogP contribution < -0.4 is 0 Å². The standard InChI is InChI=1S/C23H24N2O3/c1-15(2)25(18-9-10-18)21(26)17-8-11-19-20(14-17)23(28)24(22(19)27)13-12-16-6-4-3-5-7-16/h3-8,11,14-15,18H,9-10,12-13H2,1-2H3. The minimum atomic E-state index is -0.312. The Morgan fingerprint density at radius 2 is 1.71 bits per heavy atom. The summed E-state index contributed by atoms with van der Waals surface area (Å²) in [5, 5.41) is 0. The number of nitrogens with zero attached hydrogens (tertiary/aromatic N) is 2. The van der Waals surface area contributed by atoms with Gasteiger partial charge in [-0.05, 0) is 56.9 Å². The van der Waals surface area contributed by atoms with Gasteiger partial charge in [-0.2, -0.15) is 0 Å². The summed E-state index contributed by atoms with van der Waals surface area (Å²) < 4.78 is 0. The van der Waals surface area contributed by atoms with Crippen molar-refractivity contribution >= 4 is 17.7 Å². The second-order valence-corrected chi connectivity index (χ2v) is 7.80. The highest BCUT2D eigenvalue weighted by molar-refractivity contribution is 6.22. The fourth-order valence-electron chi connectivity index (χ4n) is 3.84.